The largest absolute Gasteiger partial charge is 0.382 e. The zero-order valence-corrected chi connectivity index (χ0v) is 15.5. The van der Waals surface area contributed by atoms with Crippen LogP contribution in [0.25, 0.3) is 0 Å². The highest BCUT2D eigenvalue weighted by Crippen LogP contribution is 2.20. The first kappa shape index (κ1) is 22.3. The van der Waals surface area contributed by atoms with E-state index < -0.39 is 35.4 Å². The van der Waals surface area contributed by atoms with Crippen molar-refractivity contribution in [1.82, 2.24) is 15.5 Å². The summed E-state index contributed by atoms with van der Waals surface area (Å²) in [4.78, 5) is 37.4. The lowest BCUT2D eigenvalue weighted by Gasteiger charge is -2.32. The summed E-state index contributed by atoms with van der Waals surface area (Å²) in [5.41, 5.74) is 5.20. The second kappa shape index (κ2) is 9.58. The van der Waals surface area contributed by atoms with Gasteiger partial charge in [-0.25, -0.2) is 0 Å². The average Bonchev–Trinajstić information content (AvgIpc) is 2.47. The molecule has 0 aromatic heterocycles. The first-order valence-electron chi connectivity index (χ1n) is 8.13. The minimum atomic E-state index is -1.36. The molecular weight excluding hydrogens is 312 g/mol. The van der Waals surface area contributed by atoms with Gasteiger partial charge >= 0.3 is 0 Å². The maximum absolute atomic E-state index is 12.2. The SMILES string of the molecule is CCC[C@H](N)C(O)C(=O)NCC(=O)NC(C(=O)N(C)C)C(C)(C)C. The van der Waals surface area contributed by atoms with Crippen LogP contribution in [0.2, 0.25) is 0 Å². The molecule has 2 unspecified atom stereocenters. The Kier molecular flexibility index (Phi) is 8.92. The predicted molar refractivity (Wildman–Crippen MR) is 92.0 cm³/mol. The van der Waals surface area contributed by atoms with Crippen molar-refractivity contribution >= 4 is 17.7 Å². The van der Waals surface area contributed by atoms with E-state index in [-0.39, 0.29) is 12.5 Å². The van der Waals surface area contributed by atoms with E-state index in [1.165, 1.54) is 4.90 Å². The number of nitrogens with one attached hydrogen (secondary N) is 2. The molecule has 140 valence electrons. The van der Waals surface area contributed by atoms with Gasteiger partial charge in [0.25, 0.3) is 5.91 Å². The third-order valence-corrected chi connectivity index (χ3v) is 3.58. The molecule has 0 aromatic carbocycles. The van der Waals surface area contributed by atoms with Crippen molar-refractivity contribution < 1.29 is 19.5 Å². The lowest BCUT2D eigenvalue weighted by Crippen LogP contribution is -2.55. The van der Waals surface area contributed by atoms with Crippen LogP contribution in [-0.2, 0) is 14.4 Å². The summed E-state index contributed by atoms with van der Waals surface area (Å²) in [6, 6.07) is -1.39. The first-order valence-corrected chi connectivity index (χ1v) is 8.13. The average molecular weight is 344 g/mol. The van der Waals surface area contributed by atoms with Gasteiger partial charge < -0.3 is 26.4 Å². The Bertz CT molecular complexity index is 446. The standard InChI is InChI=1S/C16H32N4O4/c1-7-8-10(17)12(22)14(23)18-9-11(21)19-13(16(2,3)4)15(24)20(5)6/h10,12-13,22H,7-9,17H2,1-6H3,(H,18,23)(H,19,21)/t10-,12?,13?/m0/s1. The van der Waals surface area contributed by atoms with Gasteiger partial charge in [0, 0.05) is 20.1 Å². The minimum Gasteiger partial charge on any atom is -0.382 e. The van der Waals surface area contributed by atoms with Crippen molar-refractivity contribution in [2.75, 3.05) is 20.6 Å². The molecule has 3 amide bonds. The molecule has 0 heterocycles. The van der Waals surface area contributed by atoms with Crippen LogP contribution in [0.5, 0.6) is 0 Å². The summed E-state index contributed by atoms with van der Waals surface area (Å²) in [5, 5.41) is 14.7. The van der Waals surface area contributed by atoms with Crippen LogP contribution in [0, 0.1) is 5.41 Å². The number of aliphatic hydroxyl groups excluding tert-OH is 1. The zero-order chi connectivity index (χ0) is 19.1. The van der Waals surface area contributed by atoms with E-state index in [2.05, 4.69) is 10.6 Å². The third kappa shape index (κ3) is 7.27. The summed E-state index contributed by atoms with van der Waals surface area (Å²) in [6.07, 6.45) is -0.115. The highest BCUT2D eigenvalue weighted by molar-refractivity contribution is 5.91. The highest BCUT2D eigenvalue weighted by atomic mass is 16.3. The molecular formula is C16H32N4O4. The van der Waals surface area contributed by atoms with Crippen LogP contribution in [-0.4, -0.2) is 66.6 Å². The van der Waals surface area contributed by atoms with E-state index in [0.717, 1.165) is 6.42 Å². The van der Waals surface area contributed by atoms with Crippen LogP contribution in [0.1, 0.15) is 40.5 Å². The normalized spacial score (nSPS) is 15.2. The molecule has 0 aliphatic heterocycles. The van der Waals surface area contributed by atoms with Gasteiger partial charge in [0.1, 0.15) is 12.1 Å². The Morgan fingerprint density at radius 2 is 1.75 bits per heavy atom. The van der Waals surface area contributed by atoms with Crippen molar-refractivity contribution in [2.24, 2.45) is 11.1 Å². The van der Waals surface area contributed by atoms with Gasteiger partial charge in [0.05, 0.1) is 6.54 Å². The molecule has 3 atom stereocenters. The van der Waals surface area contributed by atoms with Gasteiger partial charge in [-0.15, -0.1) is 0 Å². The Morgan fingerprint density at radius 3 is 2.17 bits per heavy atom. The highest BCUT2D eigenvalue weighted by Gasteiger charge is 2.33. The van der Waals surface area contributed by atoms with Gasteiger partial charge in [0.15, 0.2) is 0 Å². The van der Waals surface area contributed by atoms with Gasteiger partial charge in [-0.2, -0.15) is 0 Å². The molecule has 0 spiro atoms. The van der Waals surface area contributed by atoms with Gasteiger partial charge in [-0.05, 0) is 11.8 Å². The van der Waals surface area contributed by atoms with Crippen molar-refractivity contribution in [3.63, 3.8) is 0 Å². The molecule has 0 aliphatic rings. The number of hydrogen-bond donors (Lipinski definition) is 4. The number of aliphatic hydroxyl groups is 1. The van der Waals surface area contributed by atoms with Crippen LogP contribution in [0.15, 0.2) is 0 Å². The monoisotopic (exact) mass is 344 g/mol. The molecule has 0 aliphatic carbocycles. The number of nitrogens with zero attached hydrogens (tertiary/aromatic N) is 1. The molecule has 8 nitrogen and oxygen atoms in total. The van der Waals surface area contributed by atoms with Crippen LogP contribution in [0.4, 0.5) is 0 Å². The number of likely N-dealkylation sites (N-methyl/N-ethyl adjacent to an activating group) is 1. The van der Waals surface area contributed by atoms with Crippen LogP contribution in [0.3, 0.4) is 0 Å². The van der Waals surface area contributed by atoms with Crippen LogP contribution < -0.4 is 16.4 Å². The van der Waals surface area contributed by atoms with Gasteiger partial charge in [-0.1, -0.05) is 34.1 Å². The van der Waals surface area contributed by atoms with Crippen molar-refractivity contribution in [1.29, 1.82) is 0 Å². The fourth-order valence-corrected chi connectivity index (χ4v) is 2.08. The molecule has 0 aromatic rings. The van der Waals surface area contributed by atoms with Crippen molar-refractivity contribution in [3.05, 3.63) is 0 Å². The quantitative estimate of drug-likeness (QED) is 0.459. The second-order valence-electron chi connectivity index (χ2n) is 7.21. The minimum absolute atomic E-state index is 0.229. The van der Waals surface area contributed by atoms with E-state index >= 15 is 0 Å². The Balaban J connectivity index is 4.66. The van der Waals surface area contributed by atoms with E-state index in [4.69, 9.17) is 5.73 Å². The summed E-state index contributed by atoms with van der Waals surface area (Å²) in [7, 11) is 3.22. The molecule has 0 bridgehead atoms. The maximum atomic E-state index is 12.2. The molecule has 0 radical (unpaired) electrons. The topological polar surface area (TPSA) is 125 Å². The predicted octanol–water partition coefficient (Wildman–Crippen LogP) is -0.790. The Hall–Kier alpha value is -1.67. The van der Waals surface area contributed by atoms with E-state index in [9.17, 15) is 19.5 Å². The fraction of sp³-hybridized carbons (Fsp3) is 0.812. The molecule has 0 saturated heterocycles. The lowest BCUT2D eigenvalue weighted by atomic mass is 9.86. The molecule has 0 saturated carbocycles. The molecule has 8 heteroatoms. The number of amides is 3. The van der Waals surface area contributed by atoms with Crippen molar-refractivity contribution in [3.8, 4) is 0 Å². The molecule has 5 N–H and O–H groups in total. The number of carbonyl (C=O) groups is 3. The molecule has 24 heavy (non-hydrogen) atoms. The molecule has 0 fully saturated rings. The summed E-state index contributed by atoms with van der Waals surface area (Å²) < 4.78 is 0. The number of carbonyl (C=O) groups excluding carboxylic acids is 3. The van der Waals surface area contributed by atoms with Crippen LogP contribution >= 0.6 is 0 Å². The lowest BCUT2D eigenvalue weighted by molar-refractivity contribution is -0.137. The third-order valence-electron chi connectivity index (χ3n) is 3.58. The second-order valence-corrected chi connectivity index (χ2v) is 7.21. The summed E-state index contributed by atoms with van der Waals surface area (Å²) in [5.74, 6) is -1.43. The smallest absolute Gasteiger partial charge is 0.250 e. The van der Waals surface area contributed by atoms with E-state index in [1.54, 1.807) is 14.1 Å². The number of rotatable bonds is 8. The first-order chi connectivity index (χ1) is 10.9. The van der Waals surface area contributed by atoms with E-state index in [1.807, 2.05) is 27.7 Å². The summed E-state index contributed by atoms with van der Waals surface area (Å²) in [6.45, 7) is 7.08. The van der Waals surface area contributed by atoms with Gasteiger partial charge in [-0.3, -0.25) is 14.4 Å². The zero-order valence-electron chi connectivity index (χ0n) is 15.5. The summed E-state index contributed by atoms with van der Waals surface area (Å²) >= 11 is 0. The maximum Gasteiger partial charge on any atom is 0.250 e. The van der Waals surface area contributed by atoms with Crippen molar-refractivity contribution in [2.45, 2.75) is 58.7 Å². The van der Waals surface area contributed by atoms with E-state index in [0.29, 0.717) is 6.42 Å². The molecule has 0 rings (SSSR count). The number of nitrogens with two attached hydrogens (primary N) is 1. The Morgan fingerprint density at radius 1 is 1.21 bits per heavy atom. The van der Waals surface area contributed by atoms with Gasteiger partial charge in [0.2, 0.25) is 11.8 Å². The Labute approximate surface area is 144 Å². The number of hydrogen-bond acceptors (Lipinski definition) is 5. The fourth-order valence-electron chi connectivity index (χ4n) is 2.08.